The van der Waals surface area contributed by atoms with E-state index in [1.807, 2.05) is 0 Å². The highest BCUT2D eigenvalue weighted by atomic mass is 16.9. The van der Waals surface area contributed by atoms with Crippen LogP contribution in [0.25, 0.3) is 0 Å². The quantitative estimate of drug-likeness (QED) is 0.586. The van der Waals surface area contributed by atoms with Gasteiger partial charge in [-0.15, -0.1) is 0 Å². The lowest BCUT2D eigenvalue weighted by Crippen LogP contribution is -2.43. The molecule has 0 aromatic rings. The van der Waals surface area contributed by atoms with Crippen LogP contribution in [0, 0.1) is 46.6 Å². The molecule has 3 heteroatoms. The molecule has 4 saturated carbocycles. The van der Waals surface area contributed by atoms with E-state index >= 15 is 0 Å². The number of rotatable bonds is 0. The molecule has 0 N–H and O–H groups in total. The predicted octanol–water partition coefficient (Wildman–Crippen LogP) is 2.03. The first-order valence-corrected chi connectivity index (χ1v) is 6.94. The molecule has 16 heavy (non-hydrogen) atoms. The molecule has 0 aromatic carbocycles. The van der Waals surface area contributed by atoms with Crippen LogP contribution >= 0.6 is 0 Å². The van der Waals surface area contributed by atoms with Crippen LogP contribution < -0.4 is 0 Å². The summed E-state index contributed by atoms with van der Waals surface area (Å²) in [7, 11) is 0. The minimum Gasteiger partial charge on any atom is -0.762 e. The highest BCUT2D eigenvalue weighted by Gasteiger charge is 2.67. The van der Waals surface area contributed by atoms with Gasteiger partial charge in [0.1, 0.15) is 0 Å². The Labute approximate surface area is 95.7 Å². The van der Waals surface area contributed by atoms with E-state index in [2.05, 4.69) is 0 Å². The zero-order chi connectivity index (χ0) is 10.4. The maximum atomic E-state index is 11.7. The summed E-state index contributed by atoms with van der Waals surface area (Å²) in [6.45, 7) is 0.718. The smallest absolute Gasteiger partial charge is 0.0719 e. The first kappa shape index (κ1) is 8.90. The summed E-state index contributed by atoms with van der Waals surface area (Å²) in [4.78, 5) is 5.23. The third-order valence-electron chi connectivity index (χ3n) is 6.64. The molecule has 3 nitrogen and oxygen atoms in total. The first-order valence-electron chi connectivity index (χ1n) is 6.94. The van der Waals surface area contributed by atoms with Crippen LogP contribution in [0.4, 0.5) is 0 Å². The Morgan fingerprint density at radius 3 is 2.50 bits per heavy atom. The largest absolute Gasteiger partial charge is 0.762 e. The van der Waals surface area contributed by atoms with Crippen molar-refractivity contribution in [2.45, 2.75) is 31.7 Å². The van der Waals surface area contributed by atoms with Gasteiger partial charge in [-0.05, 0) is 61.2 Å². The summed E-state index contributed by atoms with van der Waals surface area (Å²) in [5.74, 6) is 6.00. The Morgan fingerprint density at radius 2 is 1.69 bits per heavy atom. The van der Waals surface area contributed by atoms with Gasteiger partial charge in [-0.2, -0.15) is 0 Å². The van der Waals surface area contributed by atoms with E-state index in [0.717, 1.165) is 41.4 Å². The van der Waals surface area contributed by atoms with Gasteiger partial charge in [0.05, 0.1) is 6.61 Å². The van der Waals surface area contributed by atoms with Crippen molar-refractivity contribution in [1.29, 1.82) is 0 Å². The third-order valence-corrected chi connectivity index (χ3v) is 6.64. The lowest BCUT2D eigenvalue weighted by atomic mass is 9.66. The summed E-state index contributed by atoms with van der Waals surface area (Å²) in [6.07, 6.45) is 5.77. The van der Waals surface area contributed by atoms with Crippen molar-refractivity contribution in [2.75, 3.05) is 6.61 Å². The number of hydrogen-bond donors (Lipinski definition) is 0. The van der Waals surface area contributed by atoms with Crippen molar-refractivity contribution in [3.8, 4) is 0 Å². The Balaban J connectivity index is 1.57. The Morgan fingerprint density at radius 1 is 0.938 bits per heavy atom. The Bertz CT molecular complexity index is 347. The van der Waals surface area contributed by atoms with E-state index in [0.29, 0.717) is 11.8 Å². The third kappa shape index (κ3) is 0.793. The van der Waals surface area contributed by atoms with Crippen LogP contribution in [-0.2, 0) is 4.84 Å². The molecule has 5 aliphatic rings. The molecular weight excluding hydrogens is 202 g/mol. The molecule has 7 unspecified atom stereocenters. The lowest BCUT2D eigenvalue weighted by Gasteiger charge is -2.43. The van der Waals surface area contributed by atoms with Gasteiger partial charge < -0.3 is 10.0 Å². The molecular formula is C13H18NO2-. The number of hydrogen-bond acceptors (Lipinski definition) is 3. The van der Waals surface area contributed by atoms with Crippen molar-refractivity contribution in [1.82, 2.24) is 5.23 Å². The molecule has 0 amide bonds. The summed E-state index contributed by atoms with van der Waals surface area (Å²) < 4.78 is 0. The monoisotopic (exact) mass is 220 g/mol. The lowest BCUT2D eigenvalue weighted by molar-refractivity contribution is -0.103. The van der Waals surface area contributed by atoms with Crippen molar-refractivity contribution in [3.63, 3.8) is 0 Å². The molecule has 0 spiro atoms. The molecule has 1 heterocycles. The number of fused-ring (bicyclic) bond motifs is 12. The van der Waals surface area contributed by atoms with Gasteiger partial charge in [0, 0.05) is 12.0 Å². The summed E-state index contributed by atoms with van der Waals surface area (Å²) >= 11 is 0. The first-order chi connectivity index (χ1) is 7.84. The Kier molecular flexibility index (Phi) is 1.47. The van der Waals surface area contributed by atoms with Gasteiger partial charge in [0.25, 0.3) is 0 Å². The molecule has 5 rings (SSSR count). The van der Waals surface area contributed by atoms with Crippen molar-refractivity contribution < 1.29 is 4.84 Å². The molecule has 4 aliphatic carbocycles. The fraction of sp³-hybridized carbons (Fsp3) is 1.00. The standard InChI is InChI=1S/C13H18NO2/c15-14-13-9-4-8(10(13)5-16-14)11-6-1-2-7(3-6)12(9)11/h6-13H,1-5H2/q-1/t6?,7?,8-,9?,10?,11?,12?,13?/m1/s1. The average molecular weight is 220 g/mol. The summed E-state index contributed by atoms with van der Waals surface area (Å²) in [5, 5.41) is 12.7. The van der Waals surface area contributed by atoms with Gasteiger partial charge in [-0.25, -0.2) is 0 Å². The maximum Gasteiger partial charge on any atom is 0.0719 e. The minimum absolute atomic E-state index is 0.241. The van der Waals surface area contributed by atoms with E-state index in [9.17, 15) is 5.21 Å². The van der Waals surface area contributed by atoms with Gasteiger partial charge in [0.15, 0.2) is 0 Å². The van der Waals surface area contributed by atoms with Crippen LogP contribution in [0.3, 0.4) is 0 Å². The van der Waals surface area contributed by atoms with Crippen LogP contribution in [0.1, 0.15) is 25.7 Å². The minimum atomic E-state index is 0.241. The van der Waals surface area contributed by atoms with Crippen molar-refractivity contribution in [3.05, 3.63) is 5.21 Å². The topological polar surface area (TPSA) is 35.5 Å². The SMILES string of the molecule is [O-]N1OCC2C1C1C[C@H]2C2C3CCC(C3)C12. The molecule has 88 valence electrons. The number of hydroxylamine groups is 2. The molecule has 5 fully saturated rings. The summed E-state index contributed by atoms with van der Waals surface area (Å²) in [6, 6.07) is 0.241. The van der Waals surface area contributed by atoms with Crippen LogP contribution in [0.2, 0.25) is 0 Å². The second kappa shape index (κ2) is 2.65. The van der Waals surface area contributed by atoms with E-state index < -0.39 is 0 Å². The van der Waals surface area contributed by atoms with E-state index in [4.69, 9.17) is 4.84 Å². The van der Waals surface area contributed by atoms with Crippen molar-refractivity contribution >= 4 is 0 Å². The van der Waals surface area contributed by atoms with Crippen molar-refractivity contribution in [2.24, 2.45) is 41.4 Å². The second-order valence-electron chi connectivity index (χ2n) is 6.79. The number of nitrogens with zero attached hydrogens (tertiary/aromatic N) is 1. The second-order valence-corrected chi connectivity index (χ2v) is 6.79. The predicted molar refractivity (Wildman–Crippen MR) is 57.8 cm³/mol. The van der Waals surface area contributed by atoms with Gasteiger partial charge in [-0.3, -0.25) is 5.23 Å². The maximum absolute atomic E-state index is 11.7. The van der Waals surface area contributed by atoms with Crippen LogP contribution in [-0.4, -0.2) is 17.9 Å². The van der Waals surface area contributed by atoms with Gasteiger partial charge >= 0.3 is 0 Å². The highest BCUT2D eigenvalue weighted by Crippen LogP contribution is 2.70. The van der Waals surface area contributed by atoms with E-state index in [1.165, 1.54) is 25.7 Å². The molecule has 0 radical (unpaired) electrons. The van der Waals surface area contributed by atoms with Gasteiger partial charge in [-0.1, -0.05) is 0 Å². The van der Waals surface area contributed by atoms with E-state index in [1.54, 1.807) is 0 Å². The molecule has 0 aromatic heterocycles. The fourth-order valence-corrected chi connectivity index (χ4v) is 6.46. The molecule has 1 saturated heterocycles. The Hall–Kier alpha value is -0.120. The fourth-order valence-electron chi connectivity index (χ4n) is 6.46. The van der Waals surface area contributed by atoms with Crippen LogP contribution in [0.15, 0.2) is 0 Å². The van der Waals surface area contributed by atoms with E-state index in [-0.39, 0.29) is 6.04 Å². The zero-order valence-electron chi connectivity index (χ0n) is 9.42. The normalized spacial score (nSPS) is 66.6. The molecule has 8 atom stereocenters. The zero-order valence-corrected chi connectivity index (χ0v) is 9.42. The average Bonchev–Trinajstić information content (AvgIpc) is 2.99. The van der Waals surface area contributed by atoms with Gasteiger partial charge in [0.2, 0.25) is 0 Å². The molecule has 4 bridgehead atoms. The summed E-state index contributed by atoms with van der Waals surface area (Å²) in [5.41, 5.74) is 0. The van der Waals surface area contributed by atoms with Crippen LogP contribution in [0.5, 0.6) is 0 Å². The highest BCUT2D eigenvalue weighted by molar-refractivity contribution is 5.16. The molecule has 1 aliphatic heterocycles.